The first kappa shape index (κ1) is 16.8. The third-order valence-electron chi connectivity index (χ3n) is 4.21. The number of nitrogens with zero attached hydrogens (tertiary/aromatic N) is 1. The van der Waals surface area contributed by atoms with Crippen LogP contribution in [0.25, 0.3) is 11.1 Å². The molecule has 1 saturated heterocycles. The van der Waals surface area contributed by atoms with Crippen LogP contribution in [-0.4, -0.2) is 43.9 Å². The van der Waals surface area contributed by atoms with E-state index in [0.717, 1.165) is 22.9 Å². The molecular weight excluding hydrogens is 350 g/mol. The van der Waals surface area contributed by atoms with Gasteiger partial charge in [-0.2, -0.15) is 0 Å². The Hall–Kier alpha value is -2.05. The number of carboxylic acid groups (broad SMARTS) is 1. The van der Waals surface area contributed by atoms with Crippen molar-refractivity contribution >= 4 is 27.5 Å². The predicted octanol–water partition coefficient (Wildman–Crippen LogP) is 3.49. The molecule has 2 aromatic rings. The minimum absolute atomic E-state index is 0.191. The van der Waals surface area contributed by atoms with Gasteiger partial charge in [-0.25, -0.2) is 13.2 Å². The number of rotatable bonds is 3. The molecule has 0 aliphatic carbocycles. The third-order valence-corrected chi connectivity index (χ3v) is 5.64. The van der Waals surface area contributed by atoms with Crippen molar-refractivity contribution in [3.05, 3.63) is 53.1 Å². The quantitative estimate of drug-likeness (QED) is 0.903. The predicted molar refractivity (Wildman–Crippen MR) is 92.3 cm³/mol. The Morgan fingerprint density at radius 3 is 2.29 bits per heavy atom. The summed E-state index contributed by atoms with van der Waals surface area (Å²) in [4.78, 5) is 12.4. The lowest BCUT2D eigenvalue weighted by Gasteiger charge is -2.37. The van der Waals surface area contributed by atoms with Crippen LogP contribution in [-0.2, 0) is 9.84 Å². The zero-order valence-corrected chi connectivity index (χ0v) is 14.5. The molecule has 0 unspecified atom stereocenters. The normalized spacial score (nSPS) is 15.2. The number of hydrogen-bond donors (Lipinski definition) is 1. The van der Waals surface area contributed by atoms with Crippen molar-refractivity contribution in [2.75, 3.05) is 19.3 Å². The lowest BCUT2D eigenvalue weighted by atomic mass is 9.90. The second-order valence-electron chi connectivity index (χ2n) is 5.92. The lowest BCUT2D eigenvalue weighted by molar-refractivity contribution is 0.105. The molecule has 1 heterocycles. The van der Waals surface area contributed by atoms with Gasteiger partial charge < -0.3 is 10.0 Å². The zero-order valence-electron chi connectivity index (χ0n) is 12.9. The molecule has 1 amide bonds. The highest BCUT2D eigenvalue weighted by atomic mass is 35.5. The molecule has 0 spiro atoms. The standard InChI is InChI=1S/C17H16ClNO4S/c1-24(22,23)14-6-7-15(16(18)8-14)12-4-2-11(3-5-12)13-9-19(10-13)17(20)21/h2-8,13H,9-10H2,1H3,(H,20,21). The molecule has 7 heteroatoms. The summed E-state index contributed by atoms with van der Waals surface area (Å²) in [5.74, 6) is 0.221. The second kappa shape index (κ2) is 6.11. The van der Waals surface area contributed by atoms with Gasteiger partial charge in [-0.05, 0) is 23.3 Å². The van der Waals surface area contributed by atoms with E-state index in [1.807, 2.05) is 24.3 Å². The van der Waals surface area contributed by atoms with Crippen LogP contribution >= 0.6 is 11.6 Å². The van der Waals surface area contributed by atoms with E-state index in [0.29, 0.717) is 18.1 Å². The molecule has 126 valence electrons. The molecule has 1 aliphatic heterocycles. The van der Waals surface area contributed by atoms with Crippen LogP contribution in [0.2, 0.25) is 5.02 Å². The molecule has 0 bridgehead atoms. The first-order valence-corrected chi connectivity index (χ1v) is 9.60. The van der Waals surface area contributed by atoms with Gasteiger partial charge in [0.2, 0.25) is 0 Å². The largest absolute Gasteiger partial charge is 0.465 e. The minimum atomic E-state index is -3.29. The Labute approximate surface area is 145 Å². The smallest absolute Gasteiger partial charge is 0.407 e. The molecule has 5 nitrogen and oxygen atoms in total. The molecule has 0 saturated carbocycles. The number of sulfone groups is 1. The molecule has 1 aliphatic rings. The van der Waals surface area contributed by atoms with E-state index in [9.17, 15) is 13.2 Å². The summed E-state index contributed by atoms with van der Waals surface area (Å²) >= 11 is 6.23. The molecule has 24 heavy (non-hydrogen) atoms. The molecule has 1 fully saturated rings. The average Bonchev–Trinajstić information content (AvgIpc) is 2.45. The topological polar surface area (TPSA) is 74.7 Å². The molecule has 3 rings (SSSR count). The summed E-state index contributed by atoms with van der Waals surface area (Å²) in [5.41, 5.74) is 2.73. The number of halogens is 1. The van der Waals surface area contributed by atoms with Crippen molar-refractivity contribution < 1.29 is 18.3 Å². The number of carbonyl (C=O) groups is 1. The van der Waals surface area contributed by atoms with Crippen molar-refractivity contribution in [1.82, 2.24) is 4.90 Å². The minimum Gasteiger partial charge on any atom is -0.465 e. The number of amides is 1. The maximum Gasteiger partial charge on any atom is 0.407 e. The van der Waals surface area contributed by atoms with Gasteiger partial charge in [0.25, 0.3) is 0 Å². The maximum atomic E-state index is 11.6. The van der Waals surface area contributed by atoms with Gasteiger partial charge in [-0.3, -0.25) is 0 Å². The number of benzene rings is 2. The fourth-order valence-corrected chi connectivity index (χ4v) is 3.74. The van der Waals surface area contributed by atoms with Gasteiger partial charge in [0.05, 0.1) is 4.90 Å². The average molecular weight is 366 g/mol. The molecule has 0 radical (unpaired) electrons. The molecule has 0 atom stereocenters. The summed E-state index contributed by atoms with van der Waals surface area (Å²) in [6, 6.07) is 12.4. The van der Waals surface area contributed by atoms with E-state index in [1.54, 1.807) is 12.1 Å². The van der Waals surface area contributed by atoms with E-state index >= 15 is 0 Å². The first-order chi connectivity index (χ1) is 11.3. The highest BCUT2D eigenvalue weighted by Gasteiger charge is 2.31. The summed E-state index contributed by atoms with van der Waals surface area (Å²) < 4.78 is 23.1. The number of likely N-dealkylation sites (tertiary alicyclic amines) is 1. The Morgan fingerprint density at radius 2 is 1.79 bits per heavy atom. The van der Waals surface area contributed by atoms with Gasteiger partial charge in [0.1, 0.15) is 0 Å². The lowest BCUT2D eigenvalue weighted by Crippen LogP contribution is -2.47. The maximum absolute atomic E-state index is 11.6. The highest BCUT2D eigenvalue weighted by molar-refractivity contribution is 7.90. The van der Waals surface area contributed by atoms with Gasteiger partial charge in [-0.15, -0.1) is 0 Å². The van der Waals surface area contributed by atoms with E-state index < -0.39 is 15.9 Å². The van der Waals surface area contributed by atoms with Crippen LogP contribution in [0, 0.1) is 0 Å². The van der Waals surface area contributed by atoms with Gasteiger partial charge >= 0.3 is 6.09 Å². The van der Waals surface area contributed by atoms with Crippen LogP contribution in [0.15, 0.2) is 47.4 Å². The van der Waals surface area contributed by atoms with Crippen LogP contribution < -0.4 is 0 Å². The van der Waals surface area contributed by atoms with Gasteiger partial charge in [0, 0.05) is 35.8 Å². The van der Waals surface area contributed by atoms with Crippen molar-refractivity contribution in [2.45, 2.75) is 10.8 Å². The Kier molecular flexibility index (Phi) is 4.27. The van der Waals surface area contributed by atoms with Gasteiger partial charge in [0.15, 0.2) is 9.84 Å². The fraction of sp³-hybridized carbons (Fsp3) is 0.235. The van der Waals surface area contributed by atoms with Crippen molar-refractivity contribution in [2.24, 2.45) is 0 Å². The van der Waals surface area contributed by atoms with Crippen molar-refractivity contribution in [3.63, 3.8) is 0 Å². The highest BCUT2D eigenvalue weighted by Crippen LogP contribution is 2.32. The molecule has 1 N–H and O–H groups in total. The monoisotopic (exact) mass is 365 g/mol. The fourth-order valence-electron chi connectivity index (χ4n) is 2.74. The van der Waals surface area contributed by atoms with E-state index in [1.165, 1.54) is 11.0 Å². The summed E-state index contributed by atoms with van der Waals surface area (Å²) in [5, 5.41) is 9.25. The van der Waals surface area contributed by atoms with Crippen molar-refractivity contribution in [1.29, 1.82) is 0 Å². The molecular formula is C17H16ClNO4S. The second-order valence-corrected chi connectivity index (χ2v) is 8.34. The van der Waals surface area contributed by atoms with Crippen molar-refractivity contribution in [3.8, 4) is 11.1 Å². The SMILES string of the molecule is CS(=O)(=O)c1ccc(-c2ccc(C3CN(C(=O)O)C3)cc2)c(Cl)c1. The Balaban J connectivity index is 1.80. The Morgan fingerprint density at radius 1 is 1.17 bits per heavy atom. The molecule has 2 aromatic carbocycles. The Bertz CT molecular complexity index is 887. The van der Waals surface area contributed by atoms with Gasteiger partial charge in [-0.1, -0.05) is 41.9 Å². The van der Waals surface area contributed by atoms with Crippen LogP contribution in [0.5, 0.6) is 0 Å². The van der Waals surface area contributed by atoms with E-state index in [4.69, 9.17) is 16.7 Å². The zero-order chi connectivity index (χ0) is 17.5. The summed E-state index contributed by atoms with van der Waals surface area (Å²) in [7, 11) is -3.29. The van der Waals surface area contributed by atoms with Crippen LogP contribution in [0.3, 0.4) is 0 Å². The summed E-state index contributed by atoms with van der Waals surface area (Å²) in [6.07, 6.45) is 0.257. The van der Waals surface area contributed by atoms with Crippen LogP contribution in [0.1, 0.15) is 11.5 Å². The third kappa shape index (κ3) is 3.25. The molecule has 0 aromatic heterocycles. The van der Waals surface area contributed by atoms with Crippen LogP contribution in [0.4, 0.5) is 4.79 Å². The summed E-state index contributed by atoms with van der Waals surface area (Å²) in [6.45, 7) is 1.02. The first-order valence-electron chi connectivity index (χ1n) is 7.33. The van der Waals surface area contributed by atoms with E-state index in [2.05, 4.69) is 0 Å². The van der Waals surface area contributed by atoms with E-state index in [-0.39, 0.29) is 10.8 Å². The number of hydrogen-bond acceptors (Lipinski definition) is 3.